The van der Waals surface area contributed by atoms with Crippen LogP contribution < -0.4 is 15.2 Å². The molecule has 0 unspecified atom stereocenters. The van der Waals surface area contributed by atoms with Gasteiger partial charge in [-0.3, -0.25) is 10.1 Å². The molecule has 128 valence electrons. The molecule has 0 aliphatic rings. The molecular formula is C15H18N4O5. The molecule has 2 aromatic rings. The third kappa shape index (κ3) is 3.29. The van der Waals surface area contributed by atoms with Crippen molar-refractivity contribution in [2.75, 3.05) is 6.61 Å². The Balaban J connectivity index is 2.41. The number of aromatic nitrogens is 2. The van der Waals surface area contributed by atoms with E-state index in [-0.39, 0.29) is 23.9 Å². The molecule has 1 heterocycles. The summed E-state index contributed by atoms with van der Waals surface area (Å²) in [5, 5.41) is 15.1. The summed E-state index contributed by atoms with van der Waals surface area (Å²) < 4.78 is 12.0. The van der Waals surface area contributed by atoms with Gasteiger partial charge in [-0.1, -0.05) is 6.92 Å². The molecule has 0 atom stereocenters. The number of nitrogens with zero attached hydrogens (tertiary/aromatic N) is 3. The fourth-order valence-corrected chi connectivity index (χ4v) is 2.30. The Bertz CT molecular complexity index is 784. The van der Waals surface area contributed by atoms with Crippen LogP contribution in [0.5, 0.6) is 17.4 Å². The van der Waals surface area contributed by atoms with Crippen LogP contribution in [0.4, 0.5) is 10.5 Å². The van der Waals surface area contributed by atoms with Crippen molar-refractivity contribution < 1.29 is 19.2 Å². The van der Waals surface area contributed by atoms with Gasteiger partial charge < -0.3 is 15.2 Å². The molecule has 1 amide bonds. The van der Waals surface area contributed by atoms with E-state index in [0.717, 1.165) is 10.2 Å². The van der Waals surface area contributed by atoms with Gasteiger partial charge in [0.15, 0.2) is 0 Å². The molecule has 0 fully saturated rings. The summed E-state index contributed by atoms with van der Waals surface area (Å²) in [7, 11) is 0. The quantitative estimate of drug-likeness (QED) is 0.640. The minimum atomic E-state index is -0.712. The summed E-state index contributed by atoms with van der Waals surface area (Å²) >= 11 is 0. The van der Waals surface area contributed by atoms with Crippen molar-refractivity contribution in [3.05, 3.63) is 39.6 Å². The van der Waals surface area contributed by atoms with Crippen molar-refractivity contribution in [3.8, 4) is 17.4 Å². The summed E-state index contributed by atoms with van der Waals surface area (Å²) in [6.45, 7) is 5.61. The predicted octanol–water partition coefficient (Wildman–Crippen LogP) is 2.78. The lowest BCUT2D eigenvalue weighted by molar-refractivity contribution is -0.385. The molecule has 0 saturated carbocycles. The Hall–Kier alpha value is -3.10. The van der Waals surface area contributed by atoms with Crippen molar-refractivity contribution in [1.82, 2.24) is 9.78 Å². The van der Waals surface area contributed by atoms with Crippen LogP contribution in [0.15, 0.2) is 18.2 Å². The summed E-state index contributed by atoms with van der Waals surface area (Å²) in [5.74, 6) is 0.641. The minimum absolute atomic E-state index is 0.101. The lowest BCUT2D eigenvalue weighted by Gasteiger charge is -2.08. The highest BCUT2D eigenvalue weighted by Crippen LogP contribution is 2.34. The standard InChI is InChI=1S/C15H18N4O5/c1-4-11-9(3)18(15(16)20)17-14(11)24-10-6-7-12(19(21)22)13(8-10)23-5-2/h6-8H,4-5H2,1-3H3,(H2,16,20). The van der Waals surface area contributed by atoms with E-state index >= 15 is 0 Å². The zero-order valence-electron chi connectivity index (χ0n) is 13.6. The second-order valence-electron chi connectivity index (χ2n) is 4.89. The Morgan fingerprint density at radius 3 is 2.67 bits per heavy atom. The molecule has 0 aliphatic heterocycles. The van der Waals surface area contributed by atoms with E-state index in [2.05, 4.69) is 5.10 Å². The van der Waals surface area contributed by atoms with Gasteiger partial charge >= 0.3 is 11.7 Å². The normalized spacial score (nSPS) is 10.5. The average molecular weight is 334 g/mol. The number of nitro groups is 1. The van der Waals surface area contributed by atoms with Crippen LogP contribution >= 0.6 is 0 Å². The number of nitro benzene ring substituents is 1. The third-order valence-corrected chi connectivity index (χ3v) is 3.41. The molecule has 1 aromatic carbocycles. The van der Waals surface area contributed by atoms with E-state index in [1.165, 1.54) is 18.2 Å². The SMILES string of the molecule is CCOc1cc(Oc2nn(C(N)=O)c(C)c2CC)ccc1[N+](=O)[O-]. The zero-order valence-corrected chi connectivity index (χ0v) is 13.6. The number of nitrogens with two attached hydrogens (primary N) is 1. The number of primary amides is 1. The van der Waals surface area contributed by atoms with Gasteiger partial charge in [0.25, 0.3) is 0 Å². The molecular weight excluding hydrogens is 316 g/mol. The summed E-state index contributed by atoms with van der Waals surface area (Å²) in [6.07, 6.45) is 0.583. The number of rotatable bonds is 6. The first-order chi connectivity index (χ1) is 11.4. The van der Waals surface area contributed by atoms with Gasteiger partial charge in [0.2, 0.25) is 11.6 Å². The maximum atomic E-state index is 11.4. The molecule has 0 aliphatic carbocycles. The lowest BCUT2D eigenvalue weighted by Crippen LogP contribution is -2.22. The first kappa shape index (κ1) is 17.3. The average Bonchev–Trinajstić information content (AvgIpc) is 2.83. The highest BCUT2D eigenvalue weighted by molar-refractivity contribution is 5.75. The molecule has 1 aromatic heterocycles. The van der Waals surface area contributed by atoms with Crippen LogP contribution in [-0.2, 0) is 6.42 Å². The number of benzene rings is 1. The zero-order chi connectivity index (χ0) is 17.9. The van der Waals surface area contributed by atoms with Crippen LogP contribution in [0, 0.1) is 17.0 Å². The third-order valence-electron chi connectivity index (χ3n) is 3.41. The van der Waals surface area contributed by atoms with Crippen molar-refractivity contribution in [3.63, 3.8) is 0 Å². The summed E-state index contributed by atoms with van der Waals surface area (Å²) in [6, 6.07) is 3.44. The van der Waals surface area contributed by atoms with Crippen LogP contribution in [0.1, 0.15) is 25.1 Å². The molecule has 24 heavy (non-hydrogen) atoms. The van der Waals surface area contributed by atoms with E-state index in [0.29, 0.717) is 17.9 Å². The highest BCUT2D eigenvalue weighted by atomic mass is 16.6. The number of hydrogen-bond acceptors (Lipinski definition) is 6. The molecule has 9 nitrogen and oxygen atoms in total. The van der Waals surface area contributed by atoms with Crippen LogP contribution in [-0.4, -0.2) is 27.3 Å². The summed E-state index contributed by atoms with van der Waals surface area (Å²) in [4.78, 5) is 21.9. The summed E-state index contributed by atoms with van der Waals surface area (Å²) in [5.41, 5.74) is 6.44. The van der Waals surface area contributed by atoms with Gasteiger partial charge in [0.1, 0.15) is 5.75 Å². The first-order valence-electron chi connectivity index (χ1n) is 7.36. The van der Waals surface area contributed by atoms with Gasteiger partial charge in [0, 0.05) is 17.7 Å². The number of carbonyl (C=O) groups excluding carboxylic acids is 1. The first-order valence-corrected chi connectivity index (χ1v) is 7.36. The fourth-order valence-electron chi connectivity index (χ4n) is 2.30. The Labute approximate surface area is 138 Å². The molecule has 0 radical (unpaired) electrons. The number of hydrogen-bond donors (Lipinski definition) is 1. The molecule has 9 heteroatoms. The van der Waals surface area contributed by atoms with Gasteiger partial charge in [-0.15, -0.1) is 5.10 Å². The largest absolute Gasteiger partial charge is 0.487 e. The van der Waals surface area contributed by atoms with Crippen molar-refractivity contribution >= 4 is 11.7 Å². The predicted molar refractivity (Wildman–Crippen MR) is 85.7 cm³/mol. The van der Waals surface area contributed by atoms with E-state index in [1.54, 1.807) is 13.8 Å². The number of carbonyl (C=O) groups is 1. The highest BCUT2D eigenvalue weighted by Gasteiger charge is 2.20. The maximum absolute atomic E-state index is 11.4. The van der Waals surface area contributed by atoms with E-state index in [1.807, 2.05) is 6.92 Å². The topological polar surface area (TPSA) is 123 Å². The van der Waals surface area contributed by atoms with Crippen LogP contribution in [0.2, 0.25) is 0 Å². The molecule has 0 saturated heterocycles. The molecule has 2 rings (SSSR count). The van der Waals surface area contributed by atoms with Crippen molar-refractivity contribution in [1.29, 1.82) is 0 Å². The minimum Gasteiger partial charge on any atom is -0.487 e. The molecule has 2 N–H and O–H groups in total. The number of ether oxygens (including phenoxy) is 2. The van der Waals surface area contributed by atoms with E-state index in [4.69, 9.17) is 15.2 Å². The van der Waals surface area contributed by atoms with Gasteiger partial charge in [-0.05, 0) is 26.3 Å². The smallest absolute Gasteiger partial charge is 0.339 e. The molecule has 0 bridgehead atoms. The monoisotopic (exact) mass is 334 g/mol. The van der Waals surface area contributed by atoms with Gasteiger partial charge in [-0.2, -0.15) is 4.68 Å². The van der Waals surface area contributed by atoms with Gasteiger partial charge in [-0.25, -0.2) is 4.79 Å². The van der Waals surface area contributed by atoms with Crippen molar-refractivity contribution in [2.45, 2.75) is 27.2 Å². The molecule has 0 spiro atoms. The van der Waals surface area contributed by atoms with Gasteiger partial charge in [0.05, 0.1) is 17.2 Å². The second kappa shape index (κ2) is 6.99. The lowest BCUT2D eigenvalue weighted by atomic mass is 10.2. The Morgan fingerprint density at radius 1 is 1.42 bits per heavy atom. The van der Waals surface area contributed by atoms with E-state index < -0.39 is 11.0 Å². The van der Waals surface area contributed by atoms with Crippen molar-refractivity contribution in [2.24, 2.45) is 5.73 Å². The second-order valence-corrected chi connectivity index (χ2v) is 4.89. The maximum Gasteiger partial charge on any atom is 0.339 e. The Morgan fingerprint density at radius 2 is 2.12 bits per heavy atom. The van der Waals surface area contributed by atoms with Crippen LogP contribution in [0.25, 0.3) is 0 Å². The van der Waals surface area contributed by atoms with Crippen LogP contribution in [0.3, 0.4) is 0 Å². The number of amides is 1. The van der Waals surface area contributed by atoms with E-state index in [9.17, 15) is 14.9 Å². The Kier molecular flexibility index (Phi) is 5.02. The fraction of sp³-hybridized carbons (Fsp3) is 0.333.